The first-order valence-electron chi connectivity index (χ1n) is 5.35. The molecule has 1 aromatic rings. The first-order chi connectivity index (χ1) is 7.58. The van der Waals surface area contributed by atoms with Crippen LogP contribution in [0.2, 0.25) is 0 Å². The molecular formula is C12H17ClN2OS. The molecule has 0 spiro atoms. The predicted molar refractivity (Wildman–Crippen MR) is 75.9 cm³/mol. The van der Waals surface area contributed by atoms with Crippen molar-refractivity contribution in [1.82, 2.24) is 4.90 Å². The molecule has 0 radical (unpaired) electrons. The second-order valence-electron chi connectivity index (χ2n) is 4.27. The lowest BCUT2D eigenvalue weighted by molar-refractivity contribution is 0.449. The number of aryl methyl sites for hydroxylation is 1. The van der Waals surface area contributed by atoms with Crippen molar-refractivity contribution < 1.29 is 4.74 Å². The minimum Gasteiger partial charge on any atom is -0.432 e. The van der Waals surface area contributed by atoms with E-state index < -0.39 is 0 Å². The predicted octanol–water partition coefficient (Wildman–Crippen LogP) is 2.28. The van der Waals surface area contributed by atoms with Gasteiger partial charge in [-0.15, -0.1) is 12.4 Å². The van der Waals surface area contributed by atoms with Gasteiger partial charge in [-0.2, -0.15) is 0 Å². The van der Waals surface area contributed by atoms with Gasteiger partial charge in [0.25, 0.3) is 5.17 Å². The van der Waals surface area contributed by atoms with Crippen LogP contribution in [0.25, 0.3) is 0 Å². The monoisotopic (exact) mass is 272 g/mol. The molecule has 0 bridgehead atoms. The van der Waals surface area contributed by atoms with Gasteiger partial charge < -0.3 is 15.4 Å². The topological polar surface area (TPSA) is 38.5 Å². The maximum Gasteiger partial charge on any atom is 0.264 e. The zero-order valence-electron chi connectivity index (χ0n) is 9.97. The number of nitrogens with zero attached hydrogens (tertiary/aromatic N) is 1. The quantitative estimate of drug-likeness (QED) is 0.796. The third-order valence-electron chi connectivity index (χ3n) is 2.81. The van der Waals surface area contributed by atoms with Crippen molar-refractivity contribution in [3.63, 3.8) is 0 Å². The van der Waals surface area contributed by atoms with E-state index in [0.29, 0.717) is 5.17 Å². The second-order valence-corrected chi connectivity index (χ2v) is 4.62. The maximum absolute atomic E-state index is 5.97. The van der Waals surface area contributed by atoms with Crippen molar-refractivity contribution in [2.75, 3.05) is 14.1 Å². The van der Waals surface area contributed by atoms with Crippen LogP contribution in [0, 0.1) is 0 Å². The molecule has 5 heteroatoms. The van der Waals surface area contributed by atoms with E-state index in [-0.39, 0.29) is 18.4 Å². The van der Waals surface area contributed by atoms with Gasteiger partial charge >= 0.3 is 0 Å². The van der Waals surface area contributed by atoms with Gasteiger partial charge in [-0.1, -0.05) is 6.07 Å². The molecule has 0 saturated heterocycles. The number of thiocarbonyl (C=S) groups is 1. The molecule has 2 N–H and O–H groups in total. The highest BCUT2D eigenvalue weighted by molar-refractivity contribution is 7.80. The lowest BCUT2D eigenvalue weighted by Gasteiger charge is -2.14. The van der Waals surface area contributed by atoms with Crippen molar-refractivity contribution in [1.29, 1.82) is 0 Å². The molecule has 94 valence electrons. The highest BCUT2D eigenvalue weighted by atomic mass is 35.5. The van der Waals surface area contributed by atoms with Gasteiger partial charge in [-0.3, -0.25) is 0 Å². The molecule has 1 aliphatic carbocycles. The Morgan fingerprint density at radius 1 is 1.47 bits per heavy atom. The molecule has 0 saturated carbocycles. The third kappa shape index (κ3) is 3.09. The molecule has 2 rings (SSSR count). The molecule has 0 fully saturated rings. The molecule has 0 aromatic heterocycles. The number of ether oxygens (including phenoxy) is 1. The molecule has 0 heterocycles. The van der Waals surface area contributed by atoms with E-state index in [1.807, 2.05) is 32.3 Å². The Kier molecular flexibility index (Phi) is 4.74. The summed E-state index contributed by atoms with van der Waals surface area (Å²) in [6.07, 6.45) is 2.05. The highest BCUT2D eigenvalue weighted by Crippen LogP contribution is 2.31. The first-order valence-corrected chi connectivity index (χ1v) is 5.76. The highest BCUT2D eigenvalue weighted by Gasteiger charge is 2.19. The summed E-state index contributed by atoms with van der Waals surface area (Å²) in [5.41, 5.74) is 8.49. The Balaban J connectivity index is 0.00000144. The Hall–Kier alpha value is -0.840. The van der Waals surface area contributed by atoms with Gasteiger partial charge in [0.1, 0.15) is 5.75 Å². The number of hydrogen-bond donors (Lipinski definition) is 1. The van der Waals surface area contributed by atoms with Crippen LogP contribution in [0.5, 0.6) is 5.75 Å². The molecule has 1 aromatic carbocycles. The summed E-state index contributed by atoms with van der Waals surface area (Å²) < 4.78 is 5.55. The largest absolute Gasteiger partial charge is 0.432 e. The van der Waals surface area contributed by atoms with E-state index in [1.54, 1.807) is 4.90 Å². The van der Waals surface area contributed by atoms with Crippen molar-refractivity contribution in [2.45, 2.75) is 18.9 Å². The van der Waals surface area contributed by atoms with Crippen molar-refractivity contribution in [2.24, 2.45) is 5.73 Å². The summed E-state index contributed by atoms with van der Waals surface area (Å²) in [7, 11) is 3.73. The molecule has 0 amide bonds. The standard InChI is InChI=1S/C12H16N2OS.ClH/c1-14(2)12(16)15-9-4-5-10-8(7-9)3-6-11(10)13;/h4-5,7,11H,3,6,13H2,1-2H3;1H. The van der Waals surface area contributed by atoms with Crippen LogP contribution < -0.4 is 10.5 Å². The molecule has 17 heavy (non-hydrogen) atoms. The molecule has 1 atom stereocenters. The SMILES string of the molecule is CN(C)C(=S)Oc1ccc2c(c1)CCC2N.Cl. The van der Waals surface area contributed by atoms with E-state index >= 15 is 0 Å². The van der Waals surface area contributed by atoms with Gasteiger partial charge in [0.2, 0.25) is 0 Å². The summed E-state index contributed by atoms with van der Waals surface area (Å²) in [4.78, 5) is 1.77. The van der Waals surface area contributed by atoms with Crippen LogP contribution in [-0.4, -0.2) is 24.2 Å². The average Bonchev–Trinajstić information content (AvgIpc) is 2.60. The van der Waals surface area contributed by atoms with Gasteiger partial charge in [0.15, 0.2) is 0 Å². The van der Waals surface area contributed by atoms with E-state index in [9.17, 15) is 0 Å². The zero-order valence-corrected chi connectivity index (χ0v) is 11.6. The fourth-order valence-corrected chi connectivity index (χ4v) is 1.98. The summed E-state index contributed by atoms with van der Waals surface area (Å²) in [6, 6.07) is 6.20. The number of fused-ring (bicyclic) bond motifs is 1. The fourth-order valence-electron chi connectivity index (χ4n) is 1.88. The number of rotatable bonds is 1. The van der Waals surface area contributed by atoms with Crippen LogP contribution in [0.15, 0.2) is 18.2 Å². The van der Waals surface area contributed by atoms with E-state index in [0.717, 1.165) is 18.6 Å². The summed E-state index contributed by atoms with van der Waals surface area (Å²) in [5.74, 6) is 0.798. The number of halogens is 1. The lowest BCUT2D eigenvalue weighted by Crippen LogP contribution is -2.25. The van der Waals surface area contributed by atoms with Gasteiger partial charge in [0.05, 0.1) is 0 Å². The van der Waals surface area contributed by atoms with Crippen LogP contribution in [0.3, 0.4) is 0 Å². The van der Waals surface area contributed by atoms with Crippen molar-refractivity contribution >= 4 is 29.8 Å². The van der Waals surface area contributed by atoms with E-state index in [1.165, 1.54) is 11.1 Å². The third-order valence-corrected chi connectivity index (χ3v) is 3.26. The number of benzene rings is 1. The van der Waals surface area contributed by atoms with E-state index in [4.69, 9.17) is 22.7 Å². The summed E-state index contributed by atoms with van der Waals surface area (Å²) >= 11 is 5.09. The molecule has 0 aliphatic heterocycles. The van der Waals surface area contributed by atoms with Crippen LogP contribution in [-0.2, 0) is 6.42 Å². The fraction of sp³-hybridized carbons (Fsp3) is 0.417. The first kappa shape index (κ1) is 14.2. The van der Waals surface area contributed by atoms with Crippen molar-refractivity contribution in [3.8, 4) is 5.75 Å². The smallest absolute Gasteiger partial charge is 0.264 e. The van der Waals surface area contributed by atoms with Gasteiger partial charge in [-0.25, -0.2) is 0 Å². The Morgan fingerprint density at radius 2 is 2.18 bits per heavy atom. The minimum atomic E-state index is 0. The summed E-state index contributed by atoms with van der Waals surface area (Å²) in [5, 5.41) is 0.474. The number of nitrogens with two attached hydrogens (primary N) is 1. The Morgan fingerprint density at radius 3 is 2.82 bits per heavy atom. The normalized spacial score (nSPS) is 17.0. The molecule has 1 unspecified atom stereocenters. The summed E-state index contributed by atoms with van der Waals surface area (Å²) in [6.45, 7) is 0. The second kappa shape index (κ2) is 5.67. The average molecular weight is 273 g/mol. The van der Waals surface area contributed by atoms with Crippen LogP contribution in [0.4, 0.5) is 0 Å². The molecular weight excluding hydrogens is 256 g/mol. The number of hydrogen-bond acceptors (Lipinski definition) is 3. The zero-order chi connectivity index (χ0) is 11.7. The molecule has 3 nitrogen and oxygen atoms in total. The van der Waals surface area contributed by atoms with Crippen LogP contribution >= 0.6 is 24.6 Å². The Bertz CT molecular complexity index is 423. The van der Waals surface area contributed by atoms with Gasteiger partial charge in [0, 0.05) is 20.1 Å². The minimum absolute atomic E-state index is 0. The van der Waals surface area contributed by atoms with Crippen LogP contribution in [0.1, 0.15) is 23.6 Å². The Labute approximate surface area is 113 Å². The van der Waals surface area contributed by atoms with E-state index in [2.05, 4.69) is 0 Å². The van der Waals surface area contributed by atoms with Crippen molar-refractivity contribution in [3.05, 3.63) is 29.3 Å². The molecule has 1 aliphatic rings. The van der Waals surface area contributed by atoms with Gasteiger partial charge in [-0.05, 0) is 48.3 Å². The lowest BCUT2D eigenvalue weighted by atomic mass is 10.1. The maximum atomic E-state index is 5.97.